The number of nitrogens with zero attached hydrogens (tertiary/aromatic N) is 1. The second-order valence-electron chi connectivity index (χ2n) is 3.48. The number of unbranched alkanes of at least 4 members (excludes halogenated alkanes) is 1. The zero-order chi connectivity index (χ0) is 12.9. The maximum Gasteiger partial charge on any atom is 0.389 e. The number of halogens is 5. The molecule has 0 atom stereocenters. The van der Waals surface area contributed by atoms with Crippen LogP contribution in [0.15, 0.2) is 16.7 Å². The van der Waals surface area contributed by atoms with E-state index in [4.69, 9.17) is 11.6 Å². The molecule has 2 nitrogen and oxygen atoms in total. The molecule has 1 aromatic rings. The number of alkyl halides is 3. The lowest BCUT2D eigenvalue weighted by Gasteiger charge is -2.08. The van der Waals surface area contributed by atoms with Crippen molar-refractivity contribution in [2.75, 3.05) is 11.9 Å². The van der Waals surface area contributed by atoms with E-state index in [1.807, 2.05) is 0 Å². The molecule has 1 N–H and O–H groups in total. The highest BCUT2D eigenvalue weighted by Crippen LogP contribution is 2.24. The number of hydrogen-bond acceptors (Lipinski definition) is 2. The lowest BCUT2D eigenvalue weighted by Crippen LogP contribution is -2.09. The highest BCUT2D eigenvalue weighted by Gasteiger charge is 2.25. The predicted octanol–water partition coefficient (Wildman–Crippen LogP) is 4.64. The van der Waals surface area contributed by atoms with Crippen LogP contribution < -0.4 is 5.32 Å². The largest absolute Gasteiger partial charge is 0.389 e. The van der Waals surface area contributed by atoms with E-state index in [2.05, 4.69) is 26.2 Å². The van der Waals surface area contributed by atoms with Crippen molar-refractivity contribution in [1.82, 2.24) is 4.98 Å². The topological polar surface area (TPSA) is 24.9 Å². The molecule has 0 spiro atoms. The van der Waals surface area contributed by atoms with E-state index < -0.39 is 12.6 Å². The normalized spacial score (nSPS) is 11.6. The third-order valence-corrected chi connectivity index (χ3v) is 2.80. The van der Waals surface area contributed by atoms with Crippen molar-refractivity contribution in [3.05, 3.63) is 21.8 Å². The van der Waals surface area contributed by atoms with E-state index in [1.54, 1.807) is 6.07 Å². The molecule has 17 heavy (non-hydrogen) atoms. The van der Waals surface area contributed by atoms with Crippen molar-refractivity contribution in [3.8, 4) is 0 Å². The number of aromatic nitrogens is 1. The summed E-state index contributed by atoms with van der Waals surface area (Å²) in [6.45, 7) is 0.448. The predicted molar refractivity (Wildman–Crippen MR) is 65.3 cm³/mol. The Kier molecular flexibility index (Phi) is 5.52. The van der Waals surface area contributed by atoms with Crippen molar-refractivity contribution in [3.63, 3.8) is 0 Å². The number of anilines is 1. The molecule has 1 aromatic heterocycles. The minimum atomic E-state index is -4.07. The summed E-state index contributed by atoms with van der Waals surface area (Å²) in [7, 11) is 0. The van der Waals surface area contributed by atoms with E-state index in [-0.39, 0.29) is 6.42 Å². The molecule has 0 bridgehead atoms. The highest BCUT2D eigenvalue weighted by molar-refractivity contribution is 9.10. The Morgan fingerprint density at radius 3 is 2.65 bits per heavy atom. The number of nitrogens with one attached hydrogen (secondary N) is 1. The van der Waals surface area contributed by atoms with Gasteiger partial charge in [-0.25, -0.2) is 4.98 Å². The van der Waals surface area contributed by atoms with Gasteiger partial charge in [-0.2, -0.15) is 13.2 Å². The van der Waals surface area contributed by atoms with Crippen LogP contribution in [0.5, 0.6) is 0 Å². The van der Waals surface area contributed by atoms with E-state index in [0.29, 0.717) is 28.3 Å². The average Bonchev–Trinajstić information content (AvgIpc) is 2.18. The van der Waals surface area contributed by atoms with Gasteiger partial charge >= 0.3 is 6.18 Å². The monoisotopic (exact) mass is 330 g/mol. The molecule has 1 rings (SSSR count). The first-order valence-electron chi connectivity index (χ1n) is 5.00. The van der Waals surface area contributed by atoms with Gasteiger partial charge in [-0.15, -0.1) is 0 Å². The lowest BCUT2D eigenvalue weighted by atomic mass is 10.2. The van der Waals surface area contributed by atoms with Gasteiger partial charge in [0.25, 0.3) is 0 Å². The van der Waals surface area contributed by atoms with E-state index in [0.717, 1.165) is 0 Å². The van der Waals surface area contributed by atoms with Crippen molar-refractivity contribution in [2.45, 2.75) is 25.4 Å². The van der Waals surface area contributed by atoms with Crippen LogP contribution in [0.1, 0.15) is 19.3 Å². The molecule has 0 aliphatic rings. The summed E-state index contributed by atoms with van der Waals surface area (Å²) in [4.78, 5) is 4.01. The molecule has 0 saturated carbocycles. The van der Waals surface area contributed by atoms with Gasteiger partial charge in [-0.1, -0.05) is 11.6 Å². The molecule has 7 heteroatoms. The van der Waals surface area contributed by atoms with Gasteiger partial charge in [0.1, 0.15) is 5.82 Å². The minimum absolute atomic E-state index is 0.113. The summed E-state index contributed by atoms with van der Waals surface area (Å²) in [5, 5.41) is 3.44. The number of rotatable bonds is 5. The Morgan fingerprint density at radius 2 is 2.06 bits per heavy atom. The summed E-state index contributed by atoms with van der Waals surface area (Å²) in [5.74, 6) is 0.585. The zero-order valence-electron chi connectivity index (χ0n) is 8.82. The fourth-order valence-electron chi connectivity index (χ4n) is 1.20. The molecular formula is C10H11BrClF3N2. The quantitative estimate of drug-likeness (QED) is 0.795. The molecule has 0 saturated heterocycles. The highest BCUT2D eigenvalue weighted by atomic mass is 79.9. The number of hydrogen-bond donors (Lipinski definition) is 1. The fraction of sp³-hybridized carbons (Fsp3) is 0.500. The second kappa shape index (κ2) is 6.44. The minimum Gasteiger partial charge on any atom is -0.369 e. The van der Waals surface area contributed by atoms with Crippen molar-refractivity contribution >= 4 is 33.3 Å². The summed E-state index contributed by atoms with van der Waals surface area (Å²) in [6.07, 6.45) is -2.79. The molecule has 0 aliphatic carbocycles. The van der Waals surface area contributed by atoms with Crippen LogP contribution in [-0.2, 0) is 0 Å². The molecule has 1 heterocycles. The van der Waals surface area contributed by atoms with Gasteiger partial charge in [0.05, 0.1) is 9.50 Å². The first kappa shape index (κ1) is 14.6. The van der Waals surface area contributed by atoms with Crippen LogP contribution in [0.2, 0.25) is 5.02 Å². The van der Waals surface area contributed by atoms with Gasteiger partial charge in [-0.05, 0) is 34.8 Å². The Balaban J connectivity index is 2.27. The molecule has 0 amide bonds. The van der Waals surface area contributed by atoms with E-state index >= 15 is 0 Å². The summed E-state index contributed by atoms with van der Waals surface area (Å²) in [6, 6.07) is 1.67. The van der Waals surface area contributed by atoms with E-state index in [1.165, 1.54) is 6.20 Å². The van der Waals surface area contributed by atoms with Crippen LogP contribution in [0.3, 0.4) is 0 Å². The van der Waals surface area contributed by atoms with Crippen LogP contribution >= 0.6 is 27.5 Å². The molecule has 96 valence electrons. The average molecular weight is 332 g/mol. The van der Waals surface area contributed by atoms with Crippen LogP contribution in [0, 0.1) is 0 Å². The molecule has 0 unspecified atom stereocenters. The standard InChI is InChI=1S/C10H11BrClF3N2/c11-8-5-7(12)6-17-9(8)16-4-2-1-3-10(13,14)15/h5-6H,1-4H2,(H,16,17). The fourth-order valence-corrected chi connectivity index (χ4v) is 1.98. The van der Waals surface area contributed by atoms with Crippen molar-refractivity contribution in [2.24, 2.45) is 0 Å². The maximum atomic E-state index is 11.9. The molecular weight excluding hydrogens is 320 g/mol. The molecule has 0 aromatic carbocycles. The Bertz CT molecular complexity index is 371. The molecule has 0 radical (unpaired) electrons. The first-order chi connectivity index (χ1) is 7.88. The van der Waals surface area contributed by atoms with Crippen LogP contribution in [-0.4, -0.2) is 17.7 Å². The maximum absolute atomic E-state index is 11.9. The molecule has 0 aliphatic heterocycles. The van der Waals surface area contributed by atoms with Gasteiger partial charge in [-0.3, -0.25) is 0 Å². The zero-order valence-corrected chi connectivity index (χ0v) is 11.2. The van der Waals surface area contributed by atoms with Gasteiger partial charge < -0.3 is 5.32 Å². The molecule has 0 fully saturated rings. The van der Waals surface area contributed by atoms with Gasteiger partial charge in [0.2, 0.25) is 0 Å². The Labute approximate surface area is 111 Å². The third kappa shape index (κ3) is 6.12. The van der Waals surface area contributed by atoms with Crippen molar-refractivity contribution in [1.29, 1.82) is 0 Å². The summed E-state index contributed by atoms with van der Waals surface area (Å²) < 4.78 is 36.3. The third-order valence-electron chi connectivity index (χ3n) is 1.99. The smallest absolute Gasteiger partial charge is 0.369 e. The van der Waals surface area contributed by atoms with Crippen molar-refractivity contribution < 1.29 is 13.2 Å². The van der Waals surface area contributed by atoms with Gasteiger partial charge in [0.15, 0.2) is 0 Å². The second-order valence-corrected chi connectivity index (χ2v) is 4.77. The number of pyridine rings is 1. The lowest BCUT2D eigenvalue weighted by molar-refractivity contribution is -0.135. The van der Waals surface area contributed by atoms with Crippen LogP contribution in [0.4, 0.5) is 19.0 Å². The Morgan fingerprint density at radius 1 is 1.35 bits per heavy atom. The first-order valence-corrected chi connectivity index (χ1v) is 6.17. The van der Waals surface area contributed by atoms with Crippen LogP contribution in [0.25, 0.3) is 0 Å². The van der Waals surface area contributed by atoms with E-state index in [9.17, 15) is 13.2 Å². The summed E-state index contributed by atoms with van der Waals surface area (Å²) in [5.41, 5.74) is 0. The van der Waals surface area contributed by atoms with Gasteiger partial charge in [0, 0.05) is 19.2 Å². The SMILES string of the molecule is FC(F)(F)CCCCNc1ncc(Cl)cc1Br. The Hall–Kier alpha value is -0.490. The summed E-state index contributed by atoms with van der Waals surface area (Å²) >= 11 is 8.96.